The van der Waals surface area contributed by atoms with Gasteiger partial charge in [-0.25, -0.2) is 0 Å². The van der Waals surface area contributed by atoms with Crippen molar-refractivity contribution in [3.63, 3.8) is 0 Å². The largest absolute Gasteiger partial charge is 0.508 e. The van der Waals surface area contributed by atoms with E-state index in [1.165, 1.54) is 0 Å². The summed E-state index contributed by atoms with van der Waals surface area (Å²) in [5.41, 5.74) is 2.74. The zero-order chi connectivity index (χ0) is 21.8. The Morgan fingerprint density at radius 2 is 1.70 bits per heavy atom. The number of hydrogen-bond acceptors (Lipinski definition) is 7. The van der Waals surface area contributed by atoms with Crippen molar-refractivity contribution in [1.29, 1.82) is 0 Å². The van der Waals surface area contributed by atoms with Gasteiger partial charge in [-0.3, -0.25) is 4.79 Å². The lowest BCUT2D eigenvalue weighted by Gasteiger charge is -2.40. The highest BCUT2D eigenvalue weighted by Crippen LogP contribution is 2.30. The van der Waals surface area contributed by atoms with Crippen LogP contribution in [0.5, 0.6) is 5.75 Å². The molecule has 0 aromatic heterocycles. The molecule has 0 spiro atoms. The van der Waals surface area contributed by atoms with Crippen LogP contribution in [0.1, 0.15) is 22.3 Å². The number of amides is 1. The molecule has 1 heterocycles. The number of aromatic hydroxyl groups is 1. The van der Waals surface area contributed by atoms with Crippen LogP contribution in [-0.2, 0) is 11.2 Å². The van der Waals surface area contributed by atoms with Gasteiger partial charge in [0.25, 0.3) is 5.91 Å². The minimum atomic E-state index is -1.42. The van der Waals surface area contributed by atoms with Gasteiger partial charge in [0.05, 0.1) is 12.7 Å². The van der Waals surface area contributed by atoms with E-state index < -0.39 is 37.1 Å². The number of benzene rings is 2. The van der Waals surface area contributed by atoms with Gasteiger partial charge in [-0.15, -0.1) is 0 Å². The van der Waals surface area contributed by atoms with Gasteiger partial charge in [0.15, 0.2) is 0 Å². The molecule has 1 fully saturated rings. The Balaban J connectivity index is 1.77. The van der Waals surface area contributed by atoms with Crippen molar-refractivity contribution in [3.8, 4) is 16.9 Å². The van der Waals surface area contributed by atoms with Crippen LogP contribution in [0, 0.1) is 0 Å². The van der Waals surface area contributed by atoms with Crippen molar-refractivity contribution in [3.05, 3.63) is 53.6 Å². The number of phenolic OH excluding ortho intramolecular Hbond substituents is 1. The summed E-state index contributed by atoms with van der Waals surface area (Å²) in [5, 5.41) is 52.1. The van der Waals surface area contributed by atoms with E-state index in [2.05, 4.69) is 5.32 Å². The quantitative estimate of drug-likeness (QED) is 0.394. The summed E-state index contributed by atoms with van der Waals surface area (Å²) in [6.45, 7) is -0.482. The SMILES string of the molecule is CNC(=O)c1cccc(-c2ccc(O)c(CCC3OC(CO)[C@@H](O)C(O)C3O)c2)c1. The number of carbonyl (C=O) groups excluding carboxylic acids is 1. The average Bonchev–Trinajstić information content (AvgIpc) is 2.77. The van der Waals surface area contributed by atoms with E-state index in [9.17, 15) is 30.3 Å². The Bertz CT molecular complexity index is 886. The van der Waals surface area contributed by atoms with Crippen LogP contribution in [0.25, 0.3) is 11.1 Å². The third-order valence-electron chi connectivity index (χ3n) is 5.45. The maximum absolute atomic E-state index is 11.9. The summed E-state index contributed by atoms with van der Waals surface area (Å²) in [5.74, 6) is -0.121. The molecule has 6 N–H and O–H groups in total. The molecule has 2 aromatic carbocycles. The second-order valence-corrected chi connectivity index (χ2v) is 7.41. The molecule has 1 saturated heterocycles. The van der Waals surface area contributed by atoms with Crippen molar-refractivity contribution in [2.75, 3.05) is 13.7 Å². The van der Waals surface area contributed by atoms with Crippen LogP contribution in [0.3, 0.4) is 0 Å². The maximum atomic E-state index is 11.9. The fraction of sp³-hybridized carbons (Fsp3) is 0.409. The molecule has 1 aliphatic rings. The maximum Gasteiger partial charge on any atom is 0.251 e. The van der Waals surface area contributed by atoms with E-state index in [1.54, 1.807) is 43.4 Å². The summed E-state index contributed by atoms with van der Waals surface area (Å²) in [6.07, 6.45) is -5.30. The molecular formula is C22H27NO7. The summed E-state index contributed by atoms with van der Waals surface area (Å²) in [4.78, 5) is 11.9. The highest BCUT2D eigenvalue weighted by Gasteiger charge is 2.42. The first-order valence-electron chi connectivity index (χ1n) is 9.80. The summed E-state index contributed by atoms with van der Waals surface area (Å²) in [6, 6.07) is 12.2. The van der Waals surface area contributed by atoms with Crippen molar-refractivity contribution >= 4 is 5.91 Å². The standard InChI is InChI=1S/C22H27NO7/c1-23-22(29)15-4-2-3-12(10-15)13-5-7-16(25)14(9-13)6-8-17-19(26)21(28)20(27)18(11-24)30-17/h2-5,7,9-10,17-21,24-28H,6,8,11H2,1H3,(H,23,29)/t17?,18?,19?,20-,21?/m1/s1. The monoisotopic (exact) mass is 417 g/mol. The Kier molecular flexibility index (Phi) is 7.06. The zero-order valence-corrected chi connectivity index (χ0v) is 16.6. The van der Waals surface area contributed by atoms with Crippen LogP contribution < -0.4 is 5.32 Å². The van der Waals surface area contributed by atoms with E-state index in [4.69, 9.17) is 4.74 Å². The highest BCUT2D eigenvalue weighted by molar-refractivity contribution is 5.95. The summed E-state index contributed by atoms with van der Waals surface area (Å²) >= 11 is 0. The normalized spacial score (nSPS) is 26.4. The molecule has 3 rings (SSSR count). The molecule has 0 radical (unpaired) electrons. The smallest absolute Gasteiger partial charge is 0.251 e. The number of aliphatic hydroxyl groups is 4. The van der Waals surface area contributed by atoms with Gasteiger partial charge in [0.2, 0.25) is 0 Å². The lowest BCUT2D eigenvalue weighted by Crippen LogP contribution is -2.58. The molecule has 0 bridgehead atoms. The average molecular weight is 417 g/mol. The van der Waals surface area contributed by atoms with Gasteiger partial charge < -0.3 is 35.6 Å². The van der Waals surface area contributed by atoms with E-state index in [0.29, 0.717) is 17.5 Å². The number of rotatable bonds is 6. The molecule has 162 valence electrons. The third-order valence-corrected chi connectivity index (χ3v) is 5.45. The van der Waals surface area contributed by atoms with Crippen molar-refractivity contribution in [2.24, 2.45) is 0 Å². The number of carbonyl (C=O) groups is 1. The number of aliphatic hydroxyl groups excluding tert-OH is 4. The molecule has 1 aliphatic heterocycles. The van der Waals surface area contributed by atoms with Gasteiger partial charge in [-0.05, 0) is 53.8 Å². The fourth-order valence-electron chi connectivity index (χ4n) is 3.66. The molecule has 0 aliphatic carbocycles. The highest BCUT2D eigenvalue weighted by atomic mass is 16.5. The predicted molar refractivity (Wildman–Crippen MR) is 109 cm³/mol. The molecule has 5 atom stereocenters. The van der Waals surface area contributed by atoms with Crippen LogP contribution >= 0.6 is 0 Å². The molecule has 8 nitrogen and oxygen atoms in total. The van der Waals surface area contributed by atoms with Gasteiger partial charge in [0, 0.05) is 12.6 Å². The Hall–Kier alpha value is -2.49. The van der Waals surface area contributed by atoms with E-state index in [1.807, 2.05) is 6.07 Å². The van der Waals surface area contributed by atoms with Gasteiger partial charge in [0.1, 0.15) is 30.2 Å². The Morgan fingerprint density at radius 3 is 2.40 bits per heavy atom. The zero-order valence-electron chi connectivity index (χ0n) is 16.6. The fourth-order valence-corrected chi connectivity index (χ4v) is 3.66. The number of phenols is 1. The molecular weight excluding hydrogens is 390 g/mol. The third kappa shape index (κ3) is 4.63. The van der Waals surface area contributed by atoms with Crippen LogP contribution in [0.15, 0.2) is 42.5 Å². The van der Waals surface area contributed by atoms with Crippen LogP contribution in [0.2, 0.25) is 0 Å². The minimum Gasteiger partial charge on any atom is -0.508 e. The van der Waals surface area contributed by atoms with Gasteiger partial charge in [-0.2, -0.15) is 0 Å². The molecule has 4 unspecified atom stereocenters. The first kappa shape index (κ1) is 22.2. The minimum absolute atomic E-state index is 0.0748. The van der Waals surface area contributed by atoms with Crippen molar-refractivity contribution < 1.29 is 35.1 Å². The lowest BCUT2D eigenvalue weighted by molar-refractivity contribution is -0.230. The van der Waals surface area contributed by atoms with Gasteiger partial charge >= 0.3 is 0 Å². The Morgan fingerprint density at radius 1 is 1.00 bits per heavy atom. The number of hydrogen-bond donors (Lipinski definition) is 6. The molecule has 8 heteroatoms. The molecule has 1 amide bonds. The summed E-state index contributed by atoms with van der Waals surface area (Å²) in [7, 11) is 1.56. The van der Waals surface area contributed by atoms with Gasteiger partial charge in [-0.1, -0.05) is 18.2 Å². The number of ether oxygens (including phenoxy) is 1. The number of nitrogens with one attached hydrogen (secondary N) is 1. The van der Waals surface area contributed by atoms with E-state index in [-0.39, 0.29) is 18.1 Å². The van der Waals surface area contributed by atoms with Crippen molar-refractivity contribution in [2.45, 2.75) is 43.4 Å². The molecule has 2 aromatic rings. The van der Waals surface area contributed by atoms with Crippen LogP contribution in [-0.4, -0.2) is 75.6 Å². The first-order chi connectivity index (χ1) is 14.3. The molecule has 30 heavy (non-hydrogen) atoms. The first-order valence-corrected chi connectivity index (χ1v) is 9.80. The summed E-state index contributed by atoms with van der Waals surface area (Å²) < 4.78 is 5.53. The second-order valence-electron chi connectivity index (χ2n) is 7.41. The van der Waals surface area contributed by atoms with E-state index in [0.717, 1.165) is 11.1 Å². The van der Waals surface area contributed by atoms with Crippen LogP contribution in [0.4, 0.5) is 0 Å². The number of aryl methyl sites for hydroxylation is 1. The molecule has 0 saturated carbocycles. The topological polar surface area (TPSA) is 139 Å². The predicted octanol–water partition coefficient (Wildman–Crippen LogP) is 0.194. The van der Waals surface area contributed by atoms with E-state index >= 15 is 0 Å². The second kappa shape index (κ2) is 9.55. The van der Waals surface area contributed by atoms with Crippen molar-refractivity contribution in [1.82, 2.24) is 5.32 Å². The lowest BCUT2D eigenvalue weighted by atomic mass is 9.91. The Labute approximate surface area is 174 Å².